The zero-order chi connectivity index (χ0) is 24.2. The van der Waals surface area contributed by atoms with Crippen LogP contribution >= 0.6 is 11.3 Å². The van der Waals surface area contributed by atoms with E-state index in [0.717, 1.165) is 21.8 Å². The molecule has 1 saturated carbocycles. The van der Waals surface area contributed by atoms with Gasteiger partial charge in [0.25, 0.3) is 0 Å². The second-order valence-corrected chi connectivity index (χ2v) is 12.3. The lowest BCUT2D eigenvalue weighted by Crippen LogP contribution is -2.40. The van der Waals surface area contributed by atoms with E-state index in [2.05, 4.69) is 5.32 Å². The number of hydrogen-bond acceptors (Lipinski definition) is 8. The second-order valence-electron chi connectivity index (χ2n) is 9.48. The van der Waals surface area contributed by atoms with Gasteiger partial charge in [-0.1, -0.05) is 0 Å². The van der Waals surface area contributed by atoms with Gasteiger partial charge in [0.1, 0.15) is 13.2 Å². The van der Waals surface area contributed by atoms with Crippen LogP contribution < -0.4 is 14.8 Å². The Labute approximate surface area is 208 Å². The van der Waals surface area contributed by atoms with Gasteiger partial charge in [-0.25, -0.2) is 13.4 Å². The Kier molecular flexibility index (Phi) is 5.82. The normalized spacial score (nSPS) is 20.9. The van der Waals surface area contributed by atoms with Crippen molar-refractivity contribution in [3.05, 3.63) is 45.4 Å². The molecule has 0 unspecified atom stereocenters. The highest BCUT2D eigenvalue weighted by atomic mass is 32.2. The van der Waals surface area contributed by atoms with Gasteiger partial charge in [0.2, 0.25) is 15.9 Å². The van der Waals surface area contributed by atoms with Crippen molar-refractivity contribution in [3.63, 3.8) is 0 Å². The number of hydrogen-bond donors (Lipinski definition) is 1. The number of thiazole rings is 1. The first-order valence-corrected chi connectivity index (χ1v) is 14.2. The Morgan fingerprint density at radius 1 is 1.14 bits per heavy atom. The molecule has 0 spiro atoms. The van der Waals surface area contributed by atoms with Crippen LogP contribution in [0.25, 0.3) is 0 Å². The van der Waals surface area contributed by atoms with Gasteiger partial charge in [0, 0.05) is 50.1 Å². The first-order chi connectivity index (χ1) is 16.9. The van der Waals surface area contributed by atoms with Crippen LogP contribution in [0.3, 0.4) is 0 Å². The summed E-state index contributed by atoms with van der Waals surface area (Å²) in [5.41, 5.74) is 2.87. The van der Waals surface area contributed by atoms with Crippen molar-refractivity contribution in [1.29, 1.82) is 0 Å². The van der Waals surface area contributed by atoms with Crippen LogP contribution in [-0.2, 0) is 14.8 Å². The summed E-state index contributed by atoms with van der Waals surface area (Å²) in [5.74, 6) is 1.30. The molecule has 0 bridgehead atoms. The molecular weight excluding hydrogens is 488 g/mol. The quantitative estimate of drug-likeness (QED) is 0.562. The Hall–Kier alpha value is -2.47. The molecule has 186 valence electrons. The number of rotatable bonds is 7. The Morgan fingerprint density at radius 2 is 1.86 bits per heavy atom. The molecule has 0 saturated heterocycles. The number of aromatic nitrogens is 1. The summed E-state index contributed by atoms with van der Waals surface area (Å²) in [6, 6.07) is 4.75. The lowest BCUT2D eigenvalue weighted by Gasteiger charge is -2.26. The van der Waals surface area contributed by atoms with Crippen molar-refractivity contribution in [1.82, 2.24) is 19.5 Å². The predicted octanol–water partition coefficient (Wildman–Crippen LogP) is 1.94. The van der Waals surface area contributed by atoms with Crippen molar-refractivity contribution in [2.24, 2.45) is 0 Å². The minimum Gasteiger partial charge on any atom is -0.486 e. The fourth-order valence-electron chi connectivity index (χ4n) is 4.93. The lowest BCUT2D eigenvalue weighted by atomic mass is 10.0. The zero-order valence-corrected chi connectivity index (χ0v) is 21.2. The molecule has 1 N–H and O–H groups in total. The van der Waals surface area contributed by atoms with E-state index < -0.39 is 10.0 Å². The third-order valence-corrected chi connectivity index (χ3v) is 9.80. The van der Waals surface area contributed by atoms with E-state index in [1.807, 2.05) is 17.3 Å². The van der Waals surface area contributed by atoms with Crippen LogP contribution in [0.2, 0.25) is 0 Å². The Morgan fingerprint density at radius 3 is 2.54 bits per heavy atom. The van der Waals surface area contributed by atoms with Gasteiger partial charge in [0.15, 0.2) is 11.5 Å². The maximum absolute atomic E-state index is 13.5. The van der Waals surface area contributed by atoms with E-state index in [4.69, 9.17) is 14.5 Å². The number of nitrogens with one attached hydrogen (secondary N) is 1. The molecule has 6 rings (SSSR count). The zero-order valence-electron chi connectivity index (χ0n) is 19.5. The lowest BCUT2D eigenvalue weighted by molar-refractivity contribution is -0.131. The summed E-state index contributed by atoms with van der Waals surface area (Å²) in [7, 11) is -1.84. The monoisotopic (exact) mass is 516 g/mol. The van der Waals surface area contributed by atoms with Crippen molar-refractivity contribution >= 4 is 27.3 Å². The highest BCUT2D eigenvalue weighted by Gasteiger charge is 2.40. The molecule has 3 aliphatic heterocycles. The minimum absolute atomic E-state index is 0.0441. The summed E-state index contributed by atoms with van der Waals surface area (Å²) in [6.07, 6.45) is 2.37. The highest BCUT2D eigenvalue weighted by Crippen LogP contribution is 2.42. The Balaban J connectivity index is 1.13. The van der Waals surface area contributed by atoms with Gasteiger partial charge in [-0.2, -0.15) is 4.31 Å². The molecular formula is C24H28N4O5S2. The fraction of sp³-hybridized carbons (Fsp3) is 0.500. The Bertz CT molecular complexity index is 1280. The summed E-state index contributed by atoms with van der Waals surface area (Å²) < 4.78 is 39.2. The van der Waals surface area contributed by atoms with Crippen LogP contribution in [0.5, 0.6) is 11.5 Å². The molecule has 1 amide bonds. The van der Waals surface area contributed by atoms with Crippen LogP contribution in [0.15, 0.2) is 39.6 Å². The molecule has 2 aromatic rings. The number of carbonyl (C=O) groups is 1. The van der Waals surface area contributed by atoms with Crippen molar-refractivity contribution in [3.8, 4) is 11.5 Å². The number of likely N-dealkylation sites (N-methyl/N-ethyl adjacent to an activating group) is 1. The third-order valence-electron chi connectivity index (χ3n) is 6.99. The SMILES string of the molecule is CNC[C@H](C(=O)N1CC2=C(C1)CN(S(=O)(=O)c1ccc3c(c1)OCCO3)C2)c1csc(C2CC2)n1. The molecule has 1 atom stereocenters. The van der Waals surface area contributed by atoms with Crippen LogP contribution in [-0.4, -0.2) is 81.5 Å². The van der Waals surface area contributed by atoms with Gasteiger partial charge >= 0.3 is 0 Å². The molecule has 4 heterocycles. The van der Waals surface area contributed by atoms with Crippen LogP contribution in [0.1, 0.15) is 35.4 Å². The predicted molar refractivity (Wildman–Crippen MR) is 131 cm³/mol. The molecule has 1 aliphatic carbocycles. The molecule has 0 radical (unpaired) electrons. The number of sulfonamides is 1. The van der Waals surface area contributed by atoms with Gasteiger partial charge in [-0.3, -0.25) is 4.79 Å². The summed E-state index contributed by atoms with van der Waals surface area (Å²) in [5, 5.41) is 6.29. The molecule has 4 aliphatic rings. The minimum atomic E-state index is -3.69. The largest absolute Gasteiger partial charge is 0.486 e. The van der Waals surface area contributed by atoms with E-state index in [1.54, 1.807) is 23.5 Å². The number of amides is 1. The number of carbonyl (C=O) groups excluding carboxylic acids is 1. The van der Waals surface area contributed by atoms with Crippen molar-refractivity contribution in [2.45, 2.75) is 29.6 Å². The molecule has 1 aromatic heterocycles. The average Bonchev–Trinajstić information content (AvgIpc) is 3.26. The number of ether oxygens (including phenoxy) is 2. The van der Waals surface area contributed by atoms with E-state index in [1.165, 1.54) is 23.2 Å². The first kappa shape index (κ1) is 23.0. The molecule has 1 aromatic carbocycles. The third kappa shape index (κ3) is 4.24. The van der Waals surface area contributed by atoms with Crippen LogP contribution in [0.4, 0.5) is 0 Å². The first-order valence-electron chi connectivity index (χ1n) is 11.9. The average molecular weight is 517 g/mol. The maximum Gasteiger partial charge on any atom is 0.243 e. The standard InChI is InChI=1S/C24H28N4O5S2/c1-25-9-19(20-14-34-23(26-20)15-2-3-15)24(29)27-10-16-12-28(13-17(16)11-27)35(30,31)18-4-5-21-22(8-18)33-7-6-32-21/h4-5,8,14-15,19,25H,2-3,6-7,9-13H2,1H3/t19-/m0/s1. The molecule has 9 nitrogen and oxygen atoms in total. The van der Waals surface area contributed by atoms with Gasteiger partial charge < -0.3 is 19.7 Å². The van der Waals surface area contributed by atoms with E-state index in [0.29, 0.717) is 63.4 Å². The maximum atomic E-state index is 13.5. The smallest absolute Gasteiger partial charge is 0.243 e. The molecule has 35 heavy (non-hydrogen) atoms. The second kappa shape index (κ2) is 8.88. The summed E-state index contributed by atoms with van der Waals surface area (Å²) in [4.78, 5) is 20.3. The topological polar surface area (TPSA) is 101 Å². The molecule has 1 fully saturated rings. The van der Waals surface area contributed by atoms with Gasteiger partial charge in [-0.05, 0) is 43.2 Å². The fourth-order valence-corrected chi connectivity index (χ4v) is 7.42. The van der Waals surface area contributed by atoms with Gasteiger partial charge in [0.05, 0.1) is 21.5 Å². The van der Waals surface area contributed by atoms with E-state index in [-0.39, 0.29) is 16.7 Å². The van der Waals surface area contributed by atoms with E-state index >= 15 is 0 Å². The summed E-state index contributed by atoms with van der Waals surface area (Å²) >= 11 is 1.65. The molecule has 11 heteroatoms. The highest BCUT2D eigenvalue weighted by molar-refractivity contribution is 7.89. The van der Waals surface area contributed by atoms with Crippen molar-refractivity contribution in [2.75, 3.05) is 53.0 Å². The van der Waals surface area contributed by atoms with Crippen LogP contribution in [0, 0.1) is 0 Å². The number of nitrogens with zero attached hydrogens (tertiary/aromatic N) is 3. The van der Waals surface area contributed by atoms with Crippen molar-refractivity contribution < 1.29 is 22.7 Å². The number of benzene rings is 1. The summed E-state index contributed by atoms with van der Waals surface area (Å²) in [6.45, 7) is 2.90. The number of fused-ring (bicyclic) bond motifs is 1. The van der Waals surface area contributed by atoms with E-state index in [9.17, 15) is 13.2 Å². The van der Waals surface area contributed by atoms with Gasteiger partial charge in [-0.15, -0.1) is 11.3 Å².